The van der Waals surface area contributed by atoms with Crippen molar-refractivity contribution in [2.75, 3.05) is 53.1 Å². The van der Waals surface area contributed by atoms with Crippen molar-refractivity contribution in [3.05, 3.63) is 54.4 Å². The normalized spacial score (nSPS) is 20.8. The molecule has 3 heterocycles. The third kappa shape index (κ3) is 5.74. The van der Waals surface area contributed by atoms with Crippen molar-refractivity contribution in [1.82, 2.24) is 15.2 Å². The average Bonchev–Trinajstić information content (AvgIpc) is 3.30. The number of carbonyl (C=O) groups is 1. The van der Waals surface area contributed by atoms with Gasteiger partial charge in [0.25, 0.3) is 0 Å². The van der Waals surface area contributed by atoms with Crippen LogP contribution in [0.2, 0.25) is 0 Å². The number of nitrogens with one attached hydrogen (secondary N) is 1. The van der Waals surface area contributed by atoms with Crippen LogP contribution in [0.4, 0.5) is 0 Å². The number of benzene rings is 1. The van der Waals surface area contributed by atoms with Gasteiger partial charge in [-0.05, 0) is 60.9 Å². The van der Waals surface area contributed by atoms with Gasteiger partial charge in [-0.2, -0.15) is 0 Å². The smallest absolute Gasteiger partial charge is 0.226 e. The Kier molecular flexibility index (Phi) is 7.90. The topological polar surface area (TPSA) is 63.7 Å². The summed E-state index contributed by atoms with van der Waals surface area (Å²) in [6, 6.07) is 12.6. The molecule has 2 aromatic rings. The Balaban J connectivity index is 1.37. The molecule has 1 aromatic carbocycles. The Morgan fingerprint density at radius 2 is 2.03 bits per heavy atom. The second kappa shape index (κ2) is 11.0. The molecule has 0 spiro atoms. The van der Waals surface area contributed by atoms with E-state index in [4.69, 9.17) is 9.47 Å². The van der Waals surface area contributed by atoms with E-state index in [9.17, 15) is 4.79 Å². The van der Waals surface area contributed by atoms with Gasteiger partial charge in [-0.3, -0.25) is 9.78 Å². The van der Waals surface area contributed by atoms with Gasteiger partial charge in [-0.15, -0.1) is 0 Å². The molecule has 0 aliphatic carbocycles. The number of rotatable bonds is 9. The summed E-state index contributed by atoms with van der Waals surface area (Å²) in [4.78, 5) is 20.0. The summed E-state index contributed by atoms with van der Waals surface area (Å²) < 4.78 is 10.8. The highest BCUT2D eigenvalue weighted by Gasteiger charge is 2.40. The van der Waals surface area contributed by atoms with Gasteiger partial charge in [-0.1, -0.05) is 30.3 Å². The summed E-state index contributed by atoms with van der Waals surface area (Å²) in [6.45, 7) is 5.91. The molecule has 4 rings (SSSR count). The number of hydrogen-bond acceptors (Lipinski definition) is 5. The Hall–Kier alpha value is -2.28. The Labute approximate surface area is 191 Å². The van der Waals surface area contributed by atoms with Crippen LogP contribution in [0.15, 0.2) is 48.8 Å². The largest absolute Gasteiger partial charge is 0.383 e. The number of nitrogens with zero attached hydrogens (tertiary/aromatic N) is 2. The first-order valence-electron chi connectivity index (χ1n) is 11.8. The first-order chi connectivity index (χ1) is 15.7. The van der Waals surface area contributed by atoms with Gasteiger partial charge in [0.15, 0.2) is 0 Å². The maximum atomic E-state index is 13.4. The number of likely N-dealkylation sites (tertiary alicyclic amines) is 1. The van der Waals surface area contributed by atoms with Gasteiger partial charge < -0.3 is 19.7 Å². The van der Waals surface area contributed by atoms with Gasteiger partial charge in [0.2, 0.25) is 5.91 Å². The van der Waals surface area contributed by atoms with Crippen LogP contribution >= 0.6 is 0 Å². The molecule has 2 fully saturated rings. The number of hydrogen-bond donors (Lipinski definition) is 1. The van der Waals surface area contributed by atoms with Gasteiger partial charge in [0.05, 0.1) is 12.0 Å². The van der Waals surface area contributed by atoms with E-state index in [-0.39, 0.29) is 11.3 Å². The molecule has 2 aliphatic heterocycles. The highest BCUT2D eigenvalue weighted by molar-refractivity contribution is 5.83. The fourth-order valence-corrected chi connectivity index (χ4v) is 4.91. The van der Waals surface area contributed by atoms with E-state index in [1.54, 1.807) is 13.3 Å². The fourth-order valence-electron chi connectivity index (χ4n) is 4.91. The summed E-state index contributed by atoms with van der Waals surface area (Å²) in [6.07, 6.45) is 7.09. The van der Waals surface area contributed by atoms with Gasteiger partial charge in [0.1, 0.15) is 0 Å². The lowest BCUT2D eigenvalue weighted by molar-refractivity contribution is -0.136. The van der Waals surface area contributed by atoms with E-state index >= 15 is 0 Å². The van der Waals surface area contributed by atoms with Crippen molar-refractivity contribution in [1.29, 1.82) is 0 Å². The average molecular weight is 438 g/mol. The number of pyridine rings is 1. The second-order valence-electron chi connectivity index (χ2n) is 9.17. The maximum Gasteiger partial charge on any atom is 0.226 e. The summed E-state index contributed by atoms with van der Waals surface area (Å²) in [5.41, 5.74) is 3.06. The number of carbonyl (C=O) groups excluding carboxylic acids is 1. The van der Waals surface area contributed by atoms with Crippen LogP contribution in [0.25, 0.3) is 11.1 Å². The number of aromatic nitrogens is 1. The zero-order chi connectivity index (χ0) is 22.2. The van der Waals surface area contributed by atoms with Crippen molar-refractivity contribution >= 4 is 5.91 Å². The molecule has 6 nitrogen and oxygen atoms in total. The number of methoxy groups -OCH3 is 1. The first kappa shape index (κ1) is 22.9. The second-order valence-corrected chi connectivity index (χ2v) is 9.17. The lowest BCUT2D eigenvalue weighted by Crippen LogP contribution is -2.47. The summed E-state index contributed by atoms with van der Waals surface area (Å²) in [5, 5.41) is 3.31. The SMILES string of the molecule is COCCN1CCC(CNC(=O)C2(Cc3ccc(-c4cccnc4)cc3)CCOCC2)C1. The highest BCUT2D eigenvalue weighted by Crippen LogP contribution is 2.35. The standard InChI is InChI=1S/C26H35N3O3/c1-31-16-13-29-12-8-22(20-29)18-28-25(30)26(9-14-32-15-10-26)17-21-4-6-23(7-5-21)24-3-2-11-27-19-24/h2-7,11,19,22H,8-10,12-18,20H2,1H3,(H,28,30). The van der Waals surface area contributed by atoms with Crippen LogP contribution in [0.5, 0.6) is 0 Å². The molecule has 2 aliphatic rings. The van der Waals surface area contributed by atoms with Gasteiger partial charge >= 0.3 is 0 Å². The molecule has 0 bridgehead atoms. The lowest BCUT2D eigenvalue weighted by Gasteiger charge is -2.36. The fraction of sp³-hybridized carbons (Fsp3) is 0.538. The molecule has 1 unspecified atom stereocenters. The lowest BCUT2D eigenvalue weighted by atomic mass is 9.74. The molecule has 0 saturated carbocycles. The van der Waals surface area contributed by atoms with Crippen LogP contribution in [-0.4, -0.2) is 68.9 Å². The van der Waals surface area contributed by atoms with Crippen molar-refractivity contribution in [3.63, 3.8) is 0 Å². The molecule has 1 aromatic heterocycles. The summed E-state index contributed by atoms with van der Waals surface area (Å²) >= 11 is 0. The van der Waals surface area contributed by atoms with Crippen molar-refractivity contribution in [3.8, 4) is 11.1 Å². The molecular weight excluding hydrogens is 402 g/mol. The maximum absolute atomic E-state index is 13.4. The predicted molar refractivity (Wildman–Crippen MR) is 125 cm³/mol. The summed E-state index contributed by atoms with van der Waals surface area (Å²) in [5.74, 6) is 0.707. The zero-order valence-corrected chi connectivity index (χ0v) is 19.1. The predicted octanol–water partition coefficient (Wildman–Crippen LogP) is 3.17. The molecule has 6 heteroatoms. The zero-order valence-electron chi connectivity index (χ0n) is 19.1. The monoisotopic (exact) mass is 437 g/mol. The van der Waals surface area contributed by atoms with E-state index in [0.717, 1.165) is 69.6 Å². The molecule has 1 N–H and O–H groups in total. The Bertz CT molecular complexity index is 850. The van der Waals surface area contributed by atoms with E-state index in [0.29, 0.717) is 19.1 Å². The van der Waals surface area contributed by atoms with E-state index in [1.807, 2.05) is 12.3 Å². The molecule has 32 heavy (non-hydrogen) atoms. The van der Waals surface area contributed by atoms with Crippen LogP contribution < -0.4 is 5.32 Å². The summed E-state index contributed by atoms with van der Waals surface area (Å²) in [7, 11) is 1.74. The quantitative estimate of drug-likeness (QED) is 0.653. The highest BCUT2D eigenvalue weighted by atomic mass is 16.5. The molecule has 1 amide bonds. The minimum absolute atomic E-state index is 0.187. The Morgan fingerprint density at radius 1 is 1.22 bits per heavy atom. The van der Waals surface area contributed by atoms with Crippen molar-refractivity contribution in [2.45, 2.75) is 25.7 Å². The molecule has 0 radical (unpaired) electrons. The molecular formula is C26H35N3O3. The first-order valence-corrected chi connectivity index (χ1v) is 11.8. The molecule has 172 valence electrons. The third-order valence-corrected chi connectivity index (χ3v) is 6.96. The number of ether oxygens (including phenoxy) is 2. The van der Waals surface area contributed by atoms with Crippen molar-refractivity contribution in [2.24, 2.45) is 11.3 Å². The van der Waals surface area contributed by atoms with Crippen molar-refractivity contribution < 1.29 is 14.3 Å². The van der Waals surface area contributed by atoms with E-state index < -0.39 is 0 Å². The Morgan fingerprint density at radius 3 is 2.75 bits per heavy atom. The third-order valence-electron chi connectivity index (χ3n) is 6.96. The van der Waals surface area contributed by atoms with Crippen LogP contribution in [0, 0.1) is 11.3 Å². The number of amides is 1. The van der Waals surface area contributed by atoms with E-state index in [1.165, 1.54) is 5.56 Å². The van der Waals surface area contributed by atoms with Crippen LogP contribution in [0.3, 0.4) is 0 Å². The van der Waals surface area contributed by atoms with E-state index in [2.05, 4.69) is 45.5 Å². The molecule has 2 saturated heterocycles. The van der Waals surface area contributed by atoms with Crippen LogP contribution in [0.1, 0.15) is 24.8 Å². The van der Waals surface area contributed by atoms with Gasteiger partial charge in [-0.25, -0.2) is 0 Å². The van der Waals surface area contributed by atoms with Crippen LogP contribution in [-0.2, 0) is 20.7 Å². The van der Waals surface area contributed by atoms with Gasteiger partial charge in [0, 0.05) is 52.4 Å². The minimum Gasteiger partial charge on any atom is -0.383 e. The molecule has 1 atom stereocenters. The minimum atomic E-state index is -0.386.